The lowest BCUT2D eigenvalue weighted by atomic mass is 9.86. The lowest BCUT2D eigenvalue weighted by Gasteiger charge is -2.28. The van der Waals surface area contributed by atoms with Crippen molar-refractivity contribution in [2.45, 2.75) is 39.0 Å². The van der Waals surface area contributed by atoms with Crippen molar-refractivity contribution in [3.8, 4) is 0 Å². The number of carbonyl (C=O) groups is 2. The summed E-state index contributed by atoms with van der Waals surface area (Å²) in [7, 11) is 0. The number of likely N-dealkylation sites (tertiary alicyclic amines) is 1. The highest BCUT2D eigenvalue weighted by atomic mass is 19.1. The molecule has 0 aliphatic carbocycles. The van der Waals surface area contributed by atoms with Gasteiger partial charge in [-0.15, -0.1) is 0 Å². The lowest BCUT2D eigenvalue weighted by Crippen LogP contribution is -2.42. The zero-order chi connectivity index (χ0) is 19.6. The molecule has 1 aliphatic heterocycles. The molecule has 5 heteroatoms. The highest BCUT2D eigenvalue weighted by Gasteiger charge is 2.26. The van der Waals surface area contributed by atoms with Gasteiger partial charge in [0.15, 0.2) is 0 Å². The van der Waals surface area contributed by atoms with Gasteiger partial charge in [-0.3, -0.25) is 14.5 Å². The van der Waals surface area contributed by atoms with Crippen molar-refractivity contribution in [1.82, 2.24) is 4.90 Å². The number of anilines is 1. The lowest BCUT2D eigenvalue weighted by molar-refractivity contribution is -0.127. The third kappa shape index (κ3) is 4.35. The number of rotatable bonds is 4. The van der Waals surface area contributed by atoms with Crippen molar-refractivity contribution >= 4 is 17.5 Å². The summed E-state index contributed by atoms with van der Waals surface area (Å²) >= 11 is 0. The summed E-state index contributed by atoms with van der Waals surface area (Å²) < 4.78 is 13.3. The molecular weight excluding hydrogens is 343 g/mol. The van der Waals surface area contributed by atoms with Gasteiger partial charge in [0, 0.05) is 24.2 Å². The van der Waals surface area contributed by atoms with Crippen molar-refractivity contribution in [1.29, 1.82) is 0 Å². The molecule has 0 N–H and O–H groups in total. The second kappa shape index (κ2) is 7.51. The van der Waals surface area contributed by atoms with Gasteiger partial charge in [0.1, 0.15) is 12.5 Å². The van der Waals surface area contributed by atoms with Gasteiger partial charge in [-0.05, 0) is 53.8 Å². The molecule has 0 aromatic heterocycles. The largest absolute Gasteiger partial charge is 0.324 e. The van der Waals surface area contributed by atoms with Crippen LogP contribution >= 0.6 is 0 Å². The second-order valence-corrected chi connectivity index (χ2v) is 7.94. The van der Waals surface area contributed by atoms with E-state index in [0.29, 0.717) is 24.2 Å². The monoisotopic (exact) mass is 368 g/mol. The smallest absolute Gasteiger partial charge is 0.259 e. The van der Waals surface area contributed by atoms with E-state index < -0.39 is 0 Å². The van der Waals surface area contributed by atoms with E-state index in [9.17, 15) is 14.0 Å². The summed E-state index contributed by atoms with van der Waals surface area (Å²) in [4.78, 5) is 28.4. The summed E-state index contributed by atoms with van der Waals surface area (Å²) in [6, 6.07) is 13.3. The Kier molecular flexibility index (Phi) is 5.31. The van der Waals surface area contributed by atoms with Crippen LogP contribution < -0.4 is 4.90 Å². The molecule has 0 bridgehead atoms. The van der Waals surface area contributed by atoms with Crippen LogP contribution in [0.4, 0.5) is 10.1 Å². The van der Waals surface area contributed by atoms with Crippen LogP contribution in [0.15, 0.2) is 48.5 Å². The molecule has 0 radical (unpaired) electrons. The molecule has 4 nitrogen and oxygen atoms in total. The first-order valence-electron chi connectivity index (χ1n) is 9.21. The Hall–Kier alpha value is -2.69. The predicted octanol–water partition coefficient (Wildman–Crippen LogP) is 4.35. The molecule has 0 atom stereocenters. The summed E-state index contributed by atoms with van der Waals surface area (Å²) in [5.74, 6) is -0.530. The first-order chi connectivity index (χ1) is 12.8. The average Bonchev–Trinajstić information content (AvgIpc) is 3.04. The van der Waals surface area contributed by atoms with Crippen molar-refractivity contribution in [3.63, 3.8) is 0 Å². The number of nitrogens with zero attached hydrogens (tertiary/aromatic N) is 2. The molecule has 142 valence electrons. The van der Waals surface area contributed by atoms with Gasteiger partial charge in [0.2, 0.25) is 5.91 Å². The van der Waals surface area contributed by atoms with E-state index >= 15 is 0 Å². The van der Waals surface area contributed by atoms with Crippen LogP contribution in [0.5, 0.6) is 0 Å². The number of carbonyl (C=O) groups excluding carboxylic acids is 2. The standard InChI is InChI=1S/C22H25FN2O2/c1-22(2,3)17-8-6-16(7-9-17)21(27)25(15-24-14-4-5-20(24)26)19-12-10-18(23)11-13-19/h6-13H,4-5,14-15H2,1-3H3. The summed E-state index contributed by atoms with van der Waals surface area (Å²) in [6.45, 7) is 7.16. The summed E-state index contributed by atoms with van der Waals surface area (Å²) in [6.07, 6.45) is 1.30. The molecule has 0 saturated carbocycles. The Morgan fingerprint density at radius 1 is 1.07 bits per heavy atom. The molecular formula is C22H25FN2O2. The Bertz CT molecular complexity index is 823. The first-order valence-corrected chi connectivity index (χ1v) is 9.21. The second-order valence-electron chi connectivity index (χ2n) is 7.94. The van der Waals surface area contributed by atoms with Crippen LogP contribution in [0, 0.1) is 5.82 Å². The number of benzene rings is 2. The molecule has 2 aromatic rings. The van der Waals surface area contributed by atoms with E-state index in [0.717, 1.165) is 12.0 Å². The van der Waals surface area contributed by atoms with E-state index in [-0.39, 0.29) is 29.7 Å². The number of amides is 2. The minimum atomic E-state index is -0.363. The third-order valence-corrected chi connectivity index (χ3v) is 4.86. The molecule has 27 heavy (non-hydrogen) atoms. The fourth-order valence-electron chi connectivity index (χ4n) is 3.18. The molecule has 1 saturated heterocycles. The minimum Gasteiger partial charge on any atom is -0.324 e. The highest BCUT2D eigenvalue weighted by Crippen LogP contribution is 2.24. The van der Waals surface area contributed by atoms with Crippen molar-refractivity contribution < 1.29 is 14.0 Å². The van der Waals surface area contributed by atoms with Gasteiger partial charge in [-0.2, -0.15) is 0 Å². The van der Waals surface area contributed by atoms with E-state index in [1.54, 1.807) is 17.0 Å². The van der Waals surface area contributed by atoms with Crippen molar-refractivity contribution in [2.24, 2.45) is 0 Å². The molecule has 0 spiro atoms. The number of hydrogen-bond acceptors (Lipinski definition) is 2. The summed E-state index contributed by atoms with van der Waals surface area (Å²) in [5, 5.41) is 0. The Morgan fingerprint density at radius 3 is 2.22 bits per heavy atom. The van der Waals surface area contributed by atoms with E-state index in [1.165, 1.54) is 17.0 Å². The van der Waals surface area contributed by atoms with Crippen LogP contribution in [0.25, 0.3) is 0 Å². The first kappa shape index (κ1) is 19.1. The SMILES string of the molecule is CC(C)(C)c1ccc(C(=O)N(CN2CCCC2=O)c2ccc(F)cc2)cc1. The molecule has 0 unspecified atom stereocenters. The Balaban J connectivity index is 1.90. The fourth-order valence-corrected chi connectivity index (χ4v) is 3.18. The Morgan fingerprint density at radius 2 is 1.70 bits per heavy atom. The highest BCUT2D eigenvalue weighted by molar-refractivity contribution is 6.06. The van der Waals surface area contributed by atoms with Gasteiger partial charge >= 0.3 is 0 Å². The maximum absolute atomic E-state index is 13.3. The predicted molar refractivity (Wildman–Crippen MR) is 104 cm³/mol. The van der Waals surface area contributed by atoms with Gasteiger partial charge in [0.25, 0.3) is 5.91 Å². The van der Waals surface area contributed by atoms with Crippen LogP contribution in [0.2, 0.25) is 0 Å². The van der Waals surface area contributed by atoms with Gasteiger partial charge in [-0.1, -0.05) is 32.9 Å². The van der Waals surface area contributed by atoms with Crippen molar-refractivity contribution in [2.75, 3.05) is 18.1 Å². The number of hydrogen-bond donors (Lipinski definition) is 0. The third-order valence-electron chi connectivity index (χ3n) is 4.86. The Labute approximate surface area is 159 Å². The zero-order valence-electron chi connectivity index (χ0n) is 16.0. The van der Waals surface area contributed by atoms with Crippen molar-refractivity contribution in [3.05, 3.63) is 65.5 Å². The van der Waals surface area contributed by atoms with E-state index in [4.69, 9.17) is 0 Å². The molecule has 1 aliphatic rings. The average molecular weight is 368 g/mol. The zero-order valence-corrected chi connectivity index (χ0v) is 16.0. The minimum absolute atomic E-state index is 0.000190. The molecule has 3 rings (SSSR count). The van der Waals surface area contributed by atoms with Crippen LogP contribution in [-0.4, -0.2) is 29.9 Å². The molecule has 1 fully saturated rings. The van der Waals surface area contributed by atoms with Gasteiger partial charge < -0.3 is 4.90 Å². The normalized spacial score (nSPS) is 14.5. The van der Waals surface area contributed by atoms with Crippen LogP contribution in [0.3, 0.4) is 0 Å². The van der Waals surface area contributed by atoms with Crippen LogP contribution in [0.1, 0.15) is 49.5 Å². The summed E-state index contributed by atoms with van der Waals surface area (Å²) in [5.41, 5.74) is 2.25. The topological polar surface area (TPSA) is 40.6 Å². The molecule has 2 aromatic carbocycles. The quantitative estimate of drug-likeness (QED) is 0.805. The number of halogens is 1. The maximum atomic E-state index is 13.3. The van der Waals surface area contributed by atoms with Gasteiger partial charge in [-0.25, -0.2) is 4.39 Å². The molecule has 1 heterocycles. The van der Waals surface area contributed by atoms with Crippen LogP contribution in [-0.2, 0) is 10.2 Å². The van der Waals surface area contributed by atoms with Gasteiger partial charge in [0.05, 0.1) is 0 Å². The van der Waals surface area contributed by atoms with E-state index in [1.807, 2.05) is 24.3 Å². The van der Waals surface area contributed by atoms with E-state index in [2.05, 4.69) is 20.8 Å². The fraction of sp³-hybridized carbons (Fsp3) is 0.364. The maximum Gasteiger partial charge on any atom is 0.259 e. The molecule has 2 amide bonds.